The monoisotopic (exact) mass is 276 g/mol. The number of carboxylic acid groups (broad SMARTS) is 1. The van der Waals surface area contributed by atoms with E-state index in [0.717, 1.165) is 11.1 Å². The predicted molar refractivity (Wildman–Crippen MR) is 73.7 cm³/mol. The molecule has 2 nitrogen and oxygen atoms in total. The highest BCUT2D eigenvalue weighted by molar-refractivity contribution is 7.98. The van der Waals surface area contributed by atoms with E-state index in [4.69, 9.17) is 5.11 Å². The molecule has 19 heavy (non-hydrogen) atoms. The van der Waals surface area contributed by atoms with Gasteiger partial charge in [0, 0.05) is 10.6 Å². The van der Waals surface area contributed by atoms with E-state index in [1.807, 2.05) is 12.1 Å². The molecule has 2 rings (SSSR count). The quantitative estimate of drug-likeness (QED) is 0.845. The molecule has 0 aliphatic rings. The first-order valence-corrected chi connectivity index (χ1v) is 6.80. The minimum absolute atomic E-state index is 0.0285. The van der Waals surface area contributed by atoms with E-state index in [1.54, 1.807) is 30.3 Å². The van der Waals surface area contributed by atoms with Crippen molar-refractivity contribution in [2.45, 2.75) is 17.1 Å². The number of thioether (sulfide) groups is 1. The predicted octanol–water partition coefficient (Wildman–Crippen LogP) is 3.75. The Kier molecular flexibility index (Phi) is 4.58. The molecule has 0 heterocycles. The second-order valence-corrected chi connectivity index (χ2v) is 5.12. The molecule has 0 spiro atoms. The summed E-state index contributed by atoms with van der Waals surface area (Å²) in [6, 6.07) is 14.0. The van der Waals surface area contributed by atoms with Crippen molar-refractivity contribution in [3.63, 3.8) is 0 Å². The van der Waals surface area contributed by atoms with Crippen LogP contribution < -0.4 is 0 Å². The van der Waals surface area contributed by atoms with Crippen molar-refractivity contribution in [3.8, 4) is 0 Å². The fourth-order valence-corrected chi connectivity index (χ4v) is 2.55. The molecule has 0 radical (unpaired) electrons. The van der Waals surface area contributed by atoms with Gasteiger partial charge < -0.3 is 5.11 Å². The molecule has 0 amide bonds. The highest BCUT2D eigenvalue weighted by Crippen LogP contribution is 2.25. The lowest BCUT2D eigenvalue weighted by molar-refractivity contribution is -0.136. The highest BCUT2D eigenvalue weighted by Gasteiger charge is 2.03. The van der Waals surface area contributed by atoms with Crippen LogP contribution in [0, 0.1) is 5.82 Å². The zero-order valence-electron chi connectivity index (χ0n) is 10.2. The lowest BCUT2D eigenvalue weighted by Gasteiger charge is -2.04. The Morgan fingerprint density at radius 3 is 2.32 bits per heavy atom. The van der Waals surface area contributed by atoms with E-state index >= 15 is 0 Å². The molecule has 98 valence electrons. The number of benzene rings is 2. The molecule has 0 saturated carbocycles. The number of rotatable bonds is 5. The van der Waals surface area contributed by atoms with Crippen molar-refractivity contribution in [1.82, 2.24) is 0 Å². The maximum Gasteiger partial charge on any atom is 0.307 e. The van der Waals surface area contributed by atoms with Crippen molar-refractivity contribution in [1.29, 1.82) is 0 Å². The van der Waals surface area contributed by atoms with E-state index in [9.17, 15) is 9.18 Å². The topological polar surface area (TPSA) is 37.3 Å². The molecule has 0 atom stereocenters. The van der Waals surface area contributed by atoms with E-state index in [0.29, 0.717) is 10.6 Å². The number of carboxylic acids is 1. The average Bonchev–Trinajstić information content (AvgIpc) is 2.39. The van der Waals surface area contributed by atoms with Crippen LogP contribution in [0.3, 0.4) is 0 Å². The van der Waals surface area contributed by atoms with Crippen LogP contribution in [0.5, 0.6) is 0 Å². The van der Waals surface area contributed by atoms with Crippen LogP contribution in [0.2, 0.25) is 0 Å². The normalized spacial score (nSPS) is 10.4. The summed E-state index contributed by atoms with van der Waals surface area (Å²) >= 11 is 1.43. The molecule has 0 aromatic heterocycles. The van der Waals surface area contributed by atoms with Gasteiger partial charge in [-0.2, -0.15) is 0 Å². The number of aliphatic carboxylic acids is 1. The zero-order valence-corrected chi connectivity index (χ0v) is 11.0. The van der Waals surface area contributed by atoms with Crippen LogP contribution in [0.15, 0.2) is 53.4 Å². The van der Waals surface area contributed by atoms with Crippen molar-refractivity contribution < 1.29 is 14.3 Å². The smallest absolute Gasteiger partial charge is 0.307 e. The summed E-state index contributed by atoms with van der Waals surface area (Å²) in [5.41, 5.74) is 1.81. The lowest BCUT2D eigenvalue weighted by atomic mass is 10.1. The first kappa shape index (κ1) is 13.6. The van der Waals surface area contributed by atoms with E-state index < -0.39 is 5.97 Å². The van der Waals surface area contributed by atoms with Gasteiger partial charge in [-0.25, -0.2) is 4.39 Å². The van der Waals surface area contributed by atoms with Crippen LogP contribution in [-0.4, -0.2) is 11.1 Å². The average molecular weight is 276 g/mol. The van der Waals surface area contributed by atoms with Gasteiger partial charge in [-0.3, -0.25) is 4.79 Å². The molecule has 1 N–H and O–H groups in total. The molecular formula is C15H13FO2S. The second kappa shape index (κ2) is 6.38. The Bertz CT molecular complexity index is 567. The van der Waals surface area contributed by atoms with Gasteiger partial charge in [0.15, 0.2) is 0 Å². The summed E-state index contributed by atoms with van der Waals surface area (Å²) < 4.78 is 13.4. The van der Waals surface area contributed by atoms with Crippen molar-refractivity contribution in [2.24, 2.45) is 0 Å². The van der Waals surface area contributed by atoms with Crippen molar-refractivity contribution in [3.05, 3.63) is 65.5 Å². The van der Waals surface area contributed by atoms with Crippen LogP contribution in [0.1, 0.15) is 11.1 Å². The first-order chi connectivity index (χ1) is 9.15. The summed E-state index contributed by atoms with van der Waals surface area (Å²) in [7, 11) is 0. The summed E-state index contributed by atoms with van der Waals surface area (Å²) in [4.78, 5) is 11.2. The Morgan fingerprint density at radius 2 is 1.68 bits per heavy atom. The fraction of sp³-hybridized carbons (Fsp3) is 0.133. The zero-order chi connectivity index (χ0) is 13.7. The fourth-order valence-electron chi connectivity index (χ4n) is 1.65. The standard InChI is InChI=1S/C15H13FO2S/c16-13-3-1-2-4-14(13)19-10-12-7-5-11(6-8-12)9-15(17)18/h1-8H,9-10H2,(H,17,18). The van der Waals surface area contributed by atoms with Gasteiger partial charge in [0.05, 0.1) is 6.42 Å². The van der Waals surface area contributed by atoms with Crippen LogP contribution in [-0.2, 0) is 17.0 Å². The van der Waals surface area contributed by atoms with Gasteiger partial charge in [0.1, 0.15) is 5.82 Å². The molecule has 0 fully saturated rings. The third-order valence-electron chi connectivity index (χ3n) is 2.61. The van der Waals surface area contributed by atoms with Crippen molar-refractivity contribution >= 4 is 17.7 Å². The van der Waals surface area contributed by atoms with Gasteiger partial charge in [0.2, 0.25) is 0 Å². The van der Waals surface area contributed by atoms with Gasteiger partial charge in [-0.15, -0.1) is 11.8 Å². The first-order valence-electron chi connectivity index (χ1n) is 5.82. The van der Waals surface area contributed by atoms with Gasteiger partial charge >= 0.3 is 5.97 Å². The molecular weight excluding hydrogens is 263 g/mol. The number of hydrogen-bond acceptors (Lipinski definition) is 2. The molecule has 4 heteroatoms. The van der Waals surface area contributed by atoms with Gasteiger partial charge in [0.25, 0.3) is 0 Å². The van der Waals surface area contributed by atoms with Crippen LogP contribution in [0.4, 0.5) is 4.39 Å². The molecule has 0 unspecified atom stereocenters. The second-order valence-electron chi connectivity index (χ2n) is 4.11. The van der Waals surface area contributed by atoms with Crippen molar-refractivity contribution in [2.75, 3.05) is 0 Å². The Morgan fingerprint density at radius 1 is 1.05 bits per heavy atom. The summed E-state index contributed by atoms with van der Waals surface area (Å²) in [5.74, 6) is -0.391. The molecule has 0 bridgehead atoms. The summed E-state index contributed by atoms with van der Waals surface area (Å²) in [5, 5.41) is 8.67. The third kappa shape index (κ3) is 4.10. The summed E-state index contributed by atoms with van der Waals surface area (Å²) in [6.07, 6.45) is 0.0285. The Hall–Kier alpha value is -1.81. The molecule has 0 saturated heterocycles. The molecule has 0 aliphatic heterocycles. The largest absolute Gasteiger partial charge is 0.481 e. The molecule has 2 aromatic rings. The summed E-state index contributed by atoms with van der Waals surface area (Å²) in [6.45, 7) is 0. The number of halogens is 1. The Balaban J connectivity index is 1.97. The SMILES string of the molecule is O=C(O)Cc1ccc(CSc2ccccc2F)cc1. The minimum atomic E-state index is -0.839. The lowest BCUT2D eigenvalue weighted by Crippen LogP contribution is -1.99. The van der Waals surface area contributed by atoms with Crippen LogP contribution in [0.25, 0.3) is 0 Å². The van der Waals surface area contributed by atoms with Gasteiger partial charge in [-0.05, 0) is 23.3 Å². The number of carbonyl (C=O) groups is 1. The third-order valence-corrected chi connectivity index (χ3v) is 3.73. The Labute approximate surface area is 115 Å². The maximum absolute atomic E-state index is 13.4. The highest BCUT2D eigenvalue weighted by atomic mass is 32.2. The van der Waals surface area contributed by atoms with E-state index in [2.05, 4.69) is 0 Å². The maximum atomic E-state index is 13.4. The molecule has 0 aliphatic carbocycles. The van der Waals surface area contributed by atoms with Crippen LogP contribution >= 0.6 is 11.8 Å². The molecule has 2 aromatic carbocycles. The van der Waals surface area contributed by atoms with E-state index in [-0.39, 0.29) is 12.2 Å². The number of hydrogen-bond donors (Lipinski definition) is 1. The van der Waals surface area contributed by atoms with E-state index in [1.165, 1.54) is 17.8 Å². The van der Waals surface area contributed by atoms with Gasteiger partial charge in [-0.1, -0.05) is 36.4 Å². The minimum Gasteiger partial charge on any atom is -0.481 e.